The van der Waals surface area contributed by atoms with Gasteiger partial charge in [0.25, 0.3) is 5.91 Å². The molecule has 4 heteroatoms. The van der Waals surface area contributed by atoms with Gasteiger partial charge in [-0.05, 0) is 39.8 Å². The van der Waals surface area contributed by atoms with Crippen LogP contribution < -0.4 is 5.32 Å². The van der Waals surface area contributed by atoms with Gasteiger partial charge in [-0.1, -0.05) is 31.5 Å². The highest BCUT2D eigenvalue weighted by molar-refractivity contribution is 5.95. The van der Waals surface area contributed by atoms with Gasteiger partial charge in [-0.25, -0.2) is 0 Å². The van der Waals surface area contributed by atoms with Gasteiger partial charge in [-0.15, -0.1) is 0 Å². The van der Waals surface area contributed by atoms with Crippen molar-refractivity contribution in [3.8, 4) is 0 Å². The molecule has 1 amide bonds. The molecule has 0 aromatic heterocycles. The third kappa shape index (κ3) is 7.56. The number of amides is 1. The predicted molar refractivity (Wildman–Crippen MR) is 80.7 cm³/mol. The fraction of sp³-hybridized carbons (Fsp3) is 0.500. The zero-order valence-electron chi connectivity index (χ0n) is 13.2. The molecule has 0 heterocycles. The smallest absolute Gasteiger partial charge is 0.325 e. The van der Waals surface area contributed by atoms with Crippen LogP contribution in [0.15, 0.2) is 24.3 Å². The Morgan fingerprint density at radius 1 is 1.10 bits per heavy atom. The highest BCUT2D eigenvalue weighted by Gasteiger charge is 2.16. The maximum Gasteiger partial charge on any atom is 0.325 e. The molecule has 0 atom stereocenters. The fourth-order valence-electron chi connectivity index (χ4n) is 1.34. The number of rotatable bonds is 3. The van der Waals surface area contributed by atoms with Gasteiger partial charge in [0.1, 0.15) is 12.1 Å². The molecule has 0 fully saturated rings. The lowest BCUT2D eigenvalue weighted by Gasteiger charge is -2.19. The van der Waals surface area contributed by atoms with Gasteiger partial charge in [0.2, 0.25) is 0 Å². The molecular weight excluding hydrogens is 254 g/mol. The Labute approximate surface area is 121 Å². The molecule has 0 aliphatic carbocycles. The van der Waals surface area contributed by atoms with Crippen molar-refractivity contribution in [3.05, 3.63) is 35.4 Å². The van der Waals surface area contributed by atoms with Crippen molar-refractivity contribution in [2.75, 3.05) is 6.54 Å². The molecule has 1 N–H and O–H groups in total. The first-order valence-electron chi connectivity index (χ1n) is 6.84. The summed E-state index contributed by atoms with van der Waals surface area (Å²) >= 11 is 0. The molecule has 0 saturated carbocycles. The summed E-state index contributed by atoms with van der Waals surface area (Å²) in [4.78, 5) is 23.1. The maximum atomic E-state index is 11.7. The molecule has 4 nitrogen and oxygen atoms in total. The monoisotopic (exact) mass is 279 g/mol. The van der Waals surface area contributed by atoms with Gasteiger partial charge in [0.15, 0.2) is 0 Å². The summed E-state index contributed by atoms with van der Waals surface area (Å²) in [6.45, 7) is 11.2. The molecule has 1 rings (SSSR count). The van der Waals surface area contributed by atoms with Gasteiger partial charge >= 0.3 is 5.97 Å². The van der Waals surface area contributed by atoms with Gasteiger partial charge in [-0.2, -0.15) is 0 Å². The number of nitrogens with one attached hydrogen (secondary N) is 1. The average molecular weight is 279 g/mol. The van der Waals surface area contributed by atoms with Crippen LogP contribution in [0.4, 0.5) is 0 Å². The molecule has 0 saturated heterocycles. The molecule has 112 valence electrons. The molecule has 0 spiro atoms. The average Bonchev–Trinajstić information content (AvgIpc) is 2.37. The molecule has 1 aromatic carbocycles. The Balaban J connectivity index is 0.00000172. The van der Waals surface area contributed by atoms with Crippen LogP contribution in [0.2, 0.25) is 0 Å². The number of benzene rings is 1. The van der Waals surface area contributed by atoms with Crippen LogP contribution in [-0.2, 0) is 9.53 Å². The second-order valence-corrected chi connectivity index (χ2v) is 5.14. The van der Waals surface area contributed by atoms with Gasteiger partial charge in [0, 0.05) is 5.56 Å². The lowest BCUT2D eigenvalue weighted by Crippen LogP contribution is -2.34. The van der Waals surface area contributed by atoms with Crippen LogP contribution in [0, 0.1) is 6.92 Å². The van der Waals surface area contributed by atoms with Crippen molar-refractivity contribution in [2.24, 2.45) is 0 Å². The van der Waals surface area contributed by atoms with E-state index in [0.717, 1.165) is 5.56 Å². The summed E-state index contributed by atoms with van der Waals surface area (Å²) < 4.78 is 5.09. The molecule has 0 bridgehead atoms. The normalized spacial score (nSPS) is 10.1. The van der Waals surface area contributed by atoms with Crippen LogP contribution in [0.3, 0.4) is 0 Å². The summed E-state index contributed by atoms with van der Waals surface area (Å²) in [5.41, 5.74) is 1.08. The maximum absolute atomic E-state index is 11.7. The molecule has 0 radical (unpaired) electrons. The van der Waals surface area contributed by atoms with Gasteiger partial charge in [0.05, 0.1) is 0 Å². The van der Waals surface area contributed by atoms with E-state index in [0.29, 0.717) is 5.56 Å². The van der Waals surface area contributed by atoms with Crippen LogP contribution in [0.25, 0.3) is 0 Å². The molecule has 0 aliphatic rings. The summed E-state index contributed by atoms with van der Waals surface area (Å²) in [5.74, 6) is -0.719. The number of carbonyl (C=O) groups excluding carboxylic acids is 2. The number of esters is 1. The fourth-order valence-corrected chi connectivity index (χ4v) is 1.34. The second kappa shape index (κ2) is 8.35. The van der Waals surface area contributed by atoms with Crippen LogP contribution >= 0.6 is 0 Å². The first kappa shape index (κ1) is 18.2. The van der Waals surface area contributed by atoms with Crippen LogP contribution in [0.5, 0.6) is 0 Å². The van der Waals surface area contributed by atoms with Crippen molar-refractivity contribution in [2.45, 2.75) is 47.1 Å². The first-order chi connectivity index (χ1) is 9.28. The van der Waals surface area contributed by atoms with Crippen molar-refractivity contribution in [3.63, 3.8) is 0 Å². The van der Waals surface area contributed by atoms with Crippen molar-refractivity contribution in [1.29, 1.82) is 0 Å². The topological polar surface area (TPSA) is 55.4 Å². The Morgan fingerprint density at radius 2 is 1.60 bits per heavy atom. The highest BCUT2D eigenvalue weighted by atomic mass is 16.6. The van der Waals surface area contributed by atoms with E-state index in [4.69, 9.17) is 4.74 Å². The van der Waals surface area contributed by atoms with Crippen molar-refractivity contribution in [1.82, 2.24) is 5.32 Å². The number of ether oxygens (including phenoxy) is 1. The molecule has 0 unspecified atom stereocenters. The zero-order chi connectivity index (χ0) is 15.8. The first-order valence-corrected chi connectivity index (χ1v) is 6.84. The zero-order valence-corrected chi connectivity index (χ0v) is 13.2. The third-order valence-corrected chi connectivity index (χ3v) is 2.13. The van der Waals surface area contributed by atoms with E-state index < -0.39 is 11.6 Å². The summed E-state index contributed by atoms with van der Waals surface area (Å²) in [6.07, 6.45) is 0. The van der Waals surface area contributed by atoms with E-state index >= 15 is 0 Å². The number of aryl methyl sites for hydroxylation is 1. The van der Waals surface area contributed by atoms with Gasteiger partial charge in [-0.3, -0.25) is 9.59 Å². The number of hydrogen-bond donors (Lipinski definition) is 1. The minimum Gasteiger partial charge on any atom is -0.459 e. The molecule has 1 aromatic rings. The standard InChI is InChI=1S/C14H19NO3.C2H6/c1-10-5-7-11(8-6-10)13(17)15-9-12(16)18-14(2,3)4;1-2/h5-8H,9H2,1-4H3,(H,15,17);1-2H3. The summed E-state index contributed by atoms with van der Waals surface area (Å²) in [5, 5.41) is 2.53. The minimum absolute atomic E-state index is 0.121. The SMILES string of the molecule is CC.Cc1ccc(C(=O)NCC(=O)OC(C)(C)C)cc1. The molecular formula is C16H25NO3. The Morgan fingerprint density at radius 3 is 2.05 bits per heavy atom. The van der Waals surface area contributed by atoms with E-state index in [1.54, 1.807) is 32.9 Å². The number of carbonyl (C=O) groups is 2. The van der Waals surface area contributed by atoms with E-state index in [-0.39, 0.29) is 12.5 Å². The van der Waals surface area contributed by atoms with E-state index in [2.05, 4.69) is 5.32 Å². The van der Waals surface area contributed by atoms with Crippen molar-refractivity contribution >= 4 is 11.9 Å². The minimum atomic E-state index is -0.536. The van der Waals surface area contributed by atoms with E-state index in [9.17, 15) is 9.59 Å². The lowest BCUT2D eigenvalue weighted by atomic mass is 10.1. The van der Waals surface area contributed by atoms with Crippen LogP contribution in [-0.4, -0.2) is 24.0 Å². The Kier molecular flexibility index (Phi) is 7.59. The Bertz CT molecular complexity index is 430. The highest BCUT2D eigenvalue weighted by Crippen LogP contribution is 2.06. The summed E-state index contributed by atoms with van der Waals surface area (Å²) in [6, 6.07) is 7.14. The second-order valence-electron chi connectivity index (χ2n) is 5.14. The lowest BCUT2D eigenvalue weighted by molar-refractivity contribution is -0.153. The quantitative estimate of drug-likeness (QED) is 0.865. The van der Waals surface area contributed by atoms with E-state index in [1.807, 2.05) is 32.9 Å². The predicted octanol–water partition coefficient (Wildman–Crippen LogP) is 3.09. The molecule has 0 aliphatic heterocycles. The van der Waals surface area contributed by atoms with Gasteiger partial charge < -0.3 is 10.1 Å². The van der Waals surface area contributed by atoms with Crippen molar-refractivity contribution < 1.29 is 14.3 Å². The molecule has 20 heavy (non-hydrogen) atoms. The van der Waals surface area contributed by atoms with E-state index in [1.165, 1.54) is 0 Å². The third-order valence-electron chi connectivity index (χ3n) is 2.13. The Hall–Kier alpha value is -1.84. The number of hydrogen-bond acceptors (Lipinski definition) is 3. The van der Waals surface area contributed by atoms with Crippen LogP contribution in [0.1, 0.15) is 50.5 Å². The largest absolute Gasteiger partial charge is 0.459 e. The summed E-state index contributed by atoms with van der Waals surface area (Å²) in [7, 11) is 0.